The zero-order valence-electron chi connectivity index (χ0n) is 14.0. The van der Waals surface area contributed by atoms with Crippen LogP contribution in [0.5, 0.6) is 11.6 Å². The third kappa shape index (κ3) is 4.13. The molecule has 0 bridgehead atoms. The lowest BCUT2D eigenvalue weighted by molar-refractivity contribution is 0.0685. The van der Waals surface area contributed by atoms with Gasteiger partial charge in [0.1, 0.15) is 0 Å². The van der Waals surface area contributed by atoms with Gasteiger partial charge < -0.3 is 26.0 Å². The Morgan fingerprint density at radius 1 is 1.14 bits per heavy atom. The number of nitrogens with one attached hydrogen (secondary N) is 2. The van der Waals surface area contributed by atoms with Crippen molar-refractivity contribution in [3.8, 4) is 23.0 Å². The Balaban J connectivity index is 1.78. The molecule has 3 rings (SSSR count). The first kappa shape index (κ1) is 19.4. The monoisotopic (exact) mass is 420 g/mol. The molecule has 3 aromatic rings. The van der Waals surface area contributed by atoms with Crippen LogP contribution in [0.1, 0.15) is 16.1 Å². The van der Waals surface area contributed by atoms with E-state index in [2.05, 4.69) is 20.6 Å². The van der Waals surface area contributed by atoms with Crippen LogP contribution in [0.4, 0.5) is 10.5 Å². The summed E-state index contributed by atoms with van der Waals surface area (Å²) in [6.07, 6.45) is 0. The third-order valence-electron chi connectivity index (χ3n) is 3.62. The van der Waals surface area contributed by atoms with Crippen LogP contribution in [0.15, 0.2) is 35.0 Å². The zero-order valence-corrected chi connectivity index (χ0v) is 15.6. The number of carboxylic acids is 1. The number of hydrogen-bond donors (Lipinski definition) is 5. The second-order valence-electron chi connectivity index (χ2n) is 5.47. The van der Waals surface area contributed by atoms with E-state index in [-0.39, 0.29) is 17.9 Å². The number of rotatable bonds is 5. The predicted molar refractivity (Wildman–Crippen MR) is 103 cm³/mol. The number of carbonyl (C=O) groups is 2. The predicted octanol–water partition coefficient (Wildman–Crippen LogP) is 3.29. The molecule has 11 heteroatoms. The summed E-state index contributed by atoms with van der Waals surface area (Å²) < 4.78 is 0. The minimum Gasteiger partial charge on any atom is -0.501 e. The van der Waals surface area contributed by atoms with Crippen LogP contribution >= 0.6 is 22.9 Å². The van der Waals surface area contributed by atoms with E-state index >= 15 is 0 Å². The fourth-order valence-corrected chi connectivity index (χ4v) is 3.22. The summed E-state index contributed by atoms with van der Waals surface area (Å²) in [5.74, 6) is -3.49. The average Bonchev–Trinajstić information content (AvgIpc) is 3.11. The normalized spacial score (nSPS) is 10.5. The van der Waals surface area contributed by atoms with Gasteiger partial charge in [-0.2, -0.15) is 4.98 Å². The second-order valence-corrected chi connectivity index (χ2v) is 6.62. The van der Waals surface area contributed by atoms with Crippen molar-refractivity contribution in [3.05, 3.63) is 51.3 Å². The van der Waals surface area contributed by atoms with E-state index in [1.807, 2.05) is 0 Å². The molecule has 2 aromatic heterocycles. The molecular formula is C17H13ClN4O5S. The number of aromatic hydroxyl groups is 2. The highest BCUT2D eigenvalue weighted by Gasteiger charge is 2.21. The number of halogens is 1. The van der Waals surface area contributed by atoms with Gasteiger partial charge in [-0.05, 0) is 11.6 Å². The average molecular weight is 421 g/mol. The van der Waals surface area contributed by atoms with Crippen molar-refractivity contribution >= 4 is 40.6 Å². The molecule has 2 heterocycles. The van der Waals surface area contributed by atoms with Gasteiger partial charge in [0.25, 0.3) is 5.88 Å². The number of nitrogens with zero attached hydrogens (tertiary/aromatic N) is 2. The van der Waals surface area contributed by atoms with Crippen LogP contribution in [0.25, 0.3) is 11.4 Å². The van der Waals surface area contributed by atoms with E-state index < -0.39 is 29.3 Å². The first-order valence-corrected chi connectivity index (χ1v) is 9.07. The maximum atomic E-state index is 12.2. The lowest BCUT2D eigenvalue weighted by Gasteiger charge is -2.10. The van der Waals surface area contributed by atoms with Gasteiger partial charge in [-0.1, -0.05) is 29.8 Å². The van der Waals surface area contributed by atoms with Crippen molar-refractivity contribution in [2.75, 3.05) is 5.32 Å². The van der Waals surface area contributed by atoms with Gasteiger partial charge in [-0.3, -0.25) is 0 Å². The standard InChI is InChI=1S/C17H13ClN4O5S/c18-10-4-2-1-3-8(10)5-19-17(27)20-11-7-28-6-9(11)14-21-12(16(25)26)13(23)15(24)22-14/h1-4,6-7,23H,5H2,(H,25,26)(H2,19,20,27)(H,21,22,24). The Hall–Kier alpha value is -3.37. The van der Waals surface area contributed by atoms with E-state index in [9.17, 15) is 19.8 Å². The maximum Gasteiger partial charge on any atom is 0.358 e. The Kier molecular flexibility index (Phi) is 5.62. The Bertz CT molecular complexity index is 1060. The third-order valence-corrected chi connectivity index (χ3v) is 4.73. The topological polar surface area (TPSA) is 145 Å². The number of carbonyl (C=O) groups excluding carboxylic acids is 1. The summed E-state index contributed by atoms with van der Waals surface area (Å²) in [6.45, 7) is 0.199. The van der Waals surface area contributed by atoms with Crippen LogP contribution in [0.3, 0.4) is 0 Å². The van der Waals surface area contributed by atoms with Gasteiger partial charge in [-0.15, -0.1) is 11.3 Å². The SMILES string of the molecule is O=C(NCc1ccccc1Cl)Nc1cscc1-c1nc(O)c(O)c(C(=O)O)n1. The molecule has 2 amide bonds. The molecule has 9 nitrogen and oxygen atoms in total. The summed E-state index contributed by atoms with van der Waals surface area (Å²) in [6, 6.07) is 6.54. The van der Waals surface area contributed by atoms with Crippen LogP contribution in [-0.4, -0.2) is 37.3 Å². The minimum absolute atomic E-state index is 0.157. The number of benzene rings is 1. The van der Waals surface area contributed by atoms with Crippen LogP contribution in [-0.2, 0) is 6.54 Å². The largest absolute Gasteiger partial charge is 0.501 e. The number of anilines is 1. The van der Waals surface area contributed by atoms with Crippen molar-refractivity contribution < 1.29 is 24.9 Å². The first-order valence-electron chi connectivity index (χ1n) is 7.75. The van der Waals surface area contributed by atoms with Crippen LogP contribution < -0.4 is 10.6 Å². The fraction of sp³-hybridized carbons (Fsp3) is 0.0588. The van der Waals surface area contributed by atoms with Gasteiger partial charge in [0.05, 0.1) is 11.3 Å². The zero-order chi connectivity index (χ0) is 20.3. The quantitative estimate of drug-likeness (QED) is 0.425. The lowest BCUT2D eigenvalue weighted by Crippen LogP contribution is -2.28. The summed E-state index contributed by atoms with van der Waals surface area (Å²) in [7, 11) is 0. The molecule has 0 aliphatic carbocycles. The smallest absolute Gasteiger partial charge is 0.358 e. The molecule has 1 aromatic carbocycles. The van der Waals surface area contributed by atoms with Crippen molar-refractivity contribution in [1.82, 2.24) is 15.3 Å². The molecule has 144 valence electrons. The van der Waals surface area contributed by atoms with Crippen molar-refractivity contribution in [2.24, 2.45) is 0 Å². The first-order chi connectivity index (χ1) is 13.4. The second kappa shape index (κ2) is 8.11. The Labute approximate surface area is 167 Å². The molecule has 0 aliphatic heterocycles. The van der Waals surface area contributed by atoms with Gasteiger partial charge in [0, 0.05) is 22.3 Å². The number of hydrogen-bond acceptors (Lipinski definition) is 7. The number of carboxylic acid groups (broad SMARTS) is 1. The summed E-state index contributed by atoms with van der Waals surface area (Å²) in [4.78, 5) is 30.8. The molecule has 0 spiro atoms. The molecule has 0 saturated carbocycles. The Morgan fingerprint density at radius 3 is 2.61 bits per heavy atom. The molecular weight excluding hydrogens is 408 g/mol. The Morgan fingerprint density at radius 2 is 1.89 bits per heavy atom. The number of aromatic carboxylic acids is 1. The van der Waals surface area contributed by atoms with Crippen LogP contribution in [0.2, 0.25) is 5.02 Å². The van der Waals surface area contributed by atoms with Crippen LogP contribution in [0, 0.1) is 0 Å². The number of aromatic nitrogens is 2. The highest BCUT2D eigenvalue weighted by atomic mass is 35.5. The maximum absolute atomic E-state index is 12.2. The van der Waals surface area contributed by atoms with Gasteiger partial charge in [-0.25, -0.2) is 14.6 Å². The molecule has 28 heavy (non-hydrogen) atoms. The van der Waals surface area contributed by atoms with E-state index in [4.69, 9.17) is 16.7 Å². The summed E-state index contributed by atoms with van der Waals surface area (Å²) >= 11 is 7.25. The summed E-state index contributed by atoms with van der Waals surface area (Å²) in [5, 5.41) is 37.3. The van der Waals surface area contributed by atoms with Gasteiger partial charge in [0.15, 0.2) is 11.5 Å². The van der Waals surface area contributed by atoms with Gasteiger partial charge in [0.2, 0.25) is 5.75 Å². The molecule has 5 N–H and O–H groups in total. The van der Waals surface area contributed by atoms with Crippen molar-refractivity contribution in [3.63, 3.8) is 0 Å². The summed E-state index contributed by atoms with van der Waals surface area (Å²) in [5.41, 5.74) is 0.587. The van der Waals surface area contributed by atoms with E-state index in [1.165, 1.54) is 11.3 Å². The van der Waals surface area contributed by atoms with Crippen molar-refractivity contribution in [2.45, 2.75) is 6.54 Å². The number of amides is 2. The molecule has 0 fully saturated rings. The molecule has 0 radical (unpaired) electrons. The number of urea groups is 1. The minimum atomic E-state index is -1.53. The highest BCUT2D eigenvalue weighted by Crippen LogP contribution is 2.34. The highest BCUT2D eigenvalue weighted by molar-refractivity contribution is 7.08. The molecule has 0 saturated heterocycles. The molecule has 0 aliphatic rings. The van der Waals surface area contributed by atoms with Gasteiger partial charge >= 0.3 is 12.0 Å². The molecule has 0 unspecified atom stereocenters. The lowest BCUT2D eigenvalue weighted by atomic mass is 10.2. The fourth-order valence-electron chi connectivity index (χ4n) is 2.26. The van der Waals surface area contributed by atoms with E-state index in [0.717, 1.165) is 5.56 Å². The molecule has 0 atom stereocenters. The van der Waals surface area contributed by atoms with Crippen molar-refractivity contribution in [1.29, 1.82) is 0 Å². The number of thiophene rings is 1. The van der Waals surface area contributed by atoms with E-state index in [1.54, 1.807) is 35.0 Å². The van der Waals surface area contributed by atoms with E-state index in [0.29, 0.717) is 10.7 Å².